The van der Waals surface area contributed by atoms with Gasteiger partial charge in [-0.25, -0.2) is 0 Å². The summed E-state index contributed by atoms with van der Waals surface area (Å²) >= 11 is 0. The zero-order valence-electron chi connectivity index (χ0n) is 76.3. The maximum Gasteiger partial charge on any atom is 0.264 e. The lowest BCUT2D eigenvalue weighted by Crippen LogP contribution is -2.25. The molecule has 6 rings (SSSR count). The van der Waals surface area contributed by atoms with Crippen molar-refractivity contribution < 1.29 is 175 Å². The molecule has 0 unspecified atom stereocenters. The first kappa shape index (κ1) is 118. The Labute approximate surface area is 798 Å². The van der Waals surface area contributed by atoms with Gasteiger partial charge in [-0.15, -0.1) is 10.2 Å². The normalized spacial score (nSPS) is 12.1. The van der Waals surface area contributed by atoms with Crippen LogP contribution in [0.4, 0.5) is 0 Å². The van der Waals surface area contributed by atoms with E-state index in [2.05, 4.69) is 31.3 Å². The number of Topliss-reactive ketones (excluding diaryl/α,β-unsaturated/α-hetero) is 2. The highest BCUT2D eigenvalue weighted by atomic mass is 32.2. The van der Waals surface area contributed by atoms with Gasteiger partial charge < -0.3 is 62.7 Å². The number of nitrogens with zero attached hydrogens (tertiary/aromatic N) is 6. The zero-order chi connectivity index (χ0) is 101. The van der Waals surface area contributed by atoms with Crippen molar-refractivity contribution in [3.63, 3.8) is 0 Å². The molecule has 0 atom stereocenters. The van der Waals surface area contributed by atoms with Crippen molar-refractivity contribution in [2.45, 2.75) is 188 Å². The average Bonchev–Trinajstić information content (AvgIpc) is 1.28. The van der Waals surface area contributed by atoms with Crippen LogP contribution in [0.3, 0.4) is 0 Å². The number of unbranched alkanes of at least 4 members (excludes halogenated alkanes) is 5. The number of amides is 2. The minimum absolute atomic E-state index is 0.00401. The lowest BCUT2D eigenvalue weighted by atomic mass is 10.0. The Morgan fingerprint density at radius 1 is 0.285 bits per heavy atom. The number of carbonyl (C=O) groups is 4. The SMILES string of the molecule is CCCCC(=O)c1cc(OCCCCc2cn(CCCCC(=O)c3cc(OCCCS(=O)(=O)O)c(OCCCS(=O)(=O)O)c(OCCCS(=O)(=O)O)c3)nn2)cc(OCCCCc2cn(CCCNC(=O)c3cc(OCCCS(=O)(=O)O)c(OCCCS(=O)(=O)O)c(OCCCS(=O)(=O)O)c3)nn2)c1.CCCCOc1c(OCCCS(=O)(=O)O)cc(C(=O)NCCC)cc1OCCCS(=O)(=O)O. The molecule has 0 radical (unpaired) electrons. The highest BCUT2D eigenvalue weighted by Gasteiger charge is 2.26. The van der Waals surface area contributed by atoms with Crippen LogP contribution in [0.2, 0.25) is 0 Å². The van der Waals surface area contributed by atoms with Crippen LogP contribution >= 0.6 is 0 Å². The van der Waals surface area contributed by atoms with Crippen LogP contribution < -0.4 is 62.7 Å². The van der Waals surface area contributed by atoms with Crippen LogP contribution in [0.25, 0.3) is 0 Å². The van der Waals surface area contributed by atoms with Crippen molar-refractivity contribution in [2.24, 2.45) is 0 Å². The van der Waals surface area contributed by atoms with Gasteiger partial charge >= 0.3 is 0 Å². The van der Waals surface area contributed by atoms with E-state index in [0.29, 0.717) is 133 Å². The summed E-state index contributed by atoms with van der Waals surface area (Å²) in [6, 6.07) is 13.2. The van der Waals surface area contributed by atoms with E-state index in [4.69, 9.17) is 65.8 Å². The Morgan fingerprint density at radius 2 is 0.555 bits per heavy atom. The summed E-state index contributed by atoms with van der Waals surface area (Å²) in [4.78, 5) is 52.9. The number of hydrogen-bond donors (Lipinski definition) is 10. The smallest absolute Gasteiger partial charge is 0.264 e. The zero-order valence-corrected chi connectivity index (χ0v) is 82.8. The minimum atomic E-state index is -4.36. The summed E-state index contributed by atoms with van der Waals surface area (Å²) in [5.41, 5.74) is 2.16. The van der Waals surface area contributed by atoms with Crippen LogP contribution in [0.5, 0.6) is 63.2 Å². The molecule has 4 aromatic carbocycles. The molecular formula is C82H124N8O39S8. The molecule has 0 spiro atoms. The summed E-state index contributed by atoms with van der Waals surface area (Å²) in [5, 5.41) is 22.5. The molecule has 0 aliphatic rings. The second-order valence-corrected chi connectivity index (χ2v) is 43.6. The van der Waals surface area contributed by atoms with Crippen molar-refractivity contribution >= 4 is 104 Å². The number of carbonyl (C=O) groups excluding carboxylic acids is 4. The van der Waals surface area contributed by atoms with Gasteiger partial charge in [-0.1, -0.05) is 44.0 Å². The van der Waals surface area contributed by atoms with E-state index in [9.17, 15) is 109 Å². The van der Waals surface area contributed by atoms with E-state index in [1.54, 1.807) is 40.0 Å². The maximum absolute atomic E-state index is 13.6. The van der Waals surface area contributed by atoms with E-state index in [0.717, 1.165) is 31.4 Å². The Morgan fingerprint density at radius 3 is 0.861 bits per heavy atom. The quantitative estimate of drug-likeness (QED) is 0.00977. The van der Waals surface area contributed by atoms with Crippen molar-refractivity contribution in [2.75, 3.05) is 132 Å². The summed E-state index contributed by atoms with van der Waals surface area (Å²) < 4.78 is 320. The molecule has 10 N–H and O–H groups in total. The molecule has 774 valence electrons. The van der Waals surface area contributed by atoms with Crippen LogP contribution in [-0.4, -0.2) is 289 Å². The van der Waals surface area contributed by atoms with E-state index in [-0.39, 0.29) is 203 Å². The largest absolute Gasteiger partial charge is 0.493 e. The summed E-state index contributed by atoms with van der Waals surface area (Å²) in [7, 11) is -34.4. The van der Waals surface area contributed by atoms with Gasteiger partial charge in [0.2, 0.25) is 17.2 Å². The van der Waals surface area contributed by atoms with Crippen molar-refractivity contribution in [3.8, 4) is 63.2 Å². The van der Waals surface area contributed by atoms with Gasteiger partial charge in [-0.05, 0) is 177 Å². The number of rotatable bonds is 74. The Bertz CT molecular complexity index is 5350. The van der Waals surface area contributed by atoms with Gasteiger partial charge in [0.05, 0.1) is 130 Å². The lowest BCUT2D eigenvalue weighted by Gasteiger charge is -2.18. The standard InChI is InChI=1S/C62H91N7O29S6.C20H33NO10S2/c1-2-3-19-54(70)47-38-52(91-24-8-5-17-50-45-68(66-64-50)22-7-4-20-55(71)48-40-56(93-26-11-32-99(73,74)75)60(97-30-15-36-103(85,86)87)57(41-48)94-27-12-33-100(76,77)78)44-53(39-47)92-25-9-6-18-51-46-69(67-65-51)23-10-21-63-62(72)49-42-58(95-28-13-34-101(79,80)81)61(98-31-16-37-104(88,89)90)59(43-49)96-29-14-35-102(82,83)84;1-3-5-9-31-19-17(29-10-6-12-32(23,24)25)14-16(20(22)21-8-4-2)15-18(19)30-11-7-13-33(26,27)28/h38-46H,2-37H2,1H3,(H,63,72)(H,73,74,75)(H,76,77,78)(H,79,80,81)(H,82,83,84)(H,85,86,87)(H,88,89,90);14-15H,3-13H2,1-2H3,(H,21,22)(H,23,24,25)(H,26,27,28). The number of aryl methyl sites for hydroxylation is 4. The van der Waals surface area contributed by atoms with Gasteiger partial charge in [0, 0.05) is 79.7 Å². The third-order valence-electron chi connectivity index (χ3n) is 18.8. The van der Waals surface area contributed by atoms with Gasteiger partial charge in [-0.3, -0.25) is 65.0 Å². The van der Waals surface area contributed by atoms with Gasteiger partial charge in [-0.2, -0.15) is 67.3 Å². The van der Waals surface area contributed by atoms with E-state index < -0.39 is 133 Å². The van der Waals surface area contributed by atoms with Crippen molar-refractivity contribution in [3.05, 3.63) is 101 Å². The molecule has 2 heterocycles. The molecule has 47 nitrogen and oxygen atoms in total. The van der Waals surface area contributed by atoms with E-state index in [1.807, 2.05) is 20.8 Å². The average molecular weight is 2100 g/mol. The topological polar surface area (TPSA) is 690 Å². The molecule has 55 heteroatoms. The Kier molecular flexibility index (Phi) is 51.5. The molecule has 2 aromatic heterocycles. The number of aromatic nitrogens is 6. The second-order valence-electron chi connectivity index (χ2n) is 31.0. The highest BCUT2D eigenvalue weighted by molar-refractivity contribution is 7.87. The maximum atomic E-state index is 13.6. The summed E-state index contributed by atoms with van der Waals surface area (Å²) in [6.07, 6.45) is 11.8. The van der Waals surface area contributed by atoms with Crippen LogP contribution in [-0.2, 0) is 107 Å². The third kappa shape index (κ3) is 53.5. The van der Waals surface area contributed by atoms with Gasteiger partial charge in [0.1, 0.15) is 11.5 Å². The Balaban J connectivity index is 0.000000844. The first-order valence-corrected chi connectivity index (χ1v) is 57.0. The molecule has 137 heavy (non-hydrogen) atoms. The second kappa shape index (κ2) is 59.8. The minimum Gasteiger partial charge on any atom is -0.493 e. The fourth-order valence-electron chi connectivity index (χ4n) is 12.2. The van der Waals surface area contributed by atoms with E-state index in [1.165, 1.54) is 36.4 Å². The number of nitrogens with one attached hydrogen (secondary N) is 2. The molecule has 0 saturated carbocycles. The molecule has 2 amide bonds. The summed E-state index contributed by atoms with van der Waals surface area (Å²) in [5.74, 6) is -5.73. The predicted octanol–water partition coefficient (Wildman–Crippen LogP) is 8.18. The molecule has 0 saturated heterocycles. The van der Waals surface area contributed by atoms with Crippen molar-refractivity contribution in [1.29, 1.82) is 0 Å². The first-order chi connectivity index (χ1) is 64.5. The molecule has 0 aliphatic carbocycles. The summed E-state index contributed by atoms with van der Waals surface area (Å²) in [6.45, 7) is 6.25. The fourth-order valence-corrected chi connectivity index (χ4v) is 16.1. The molecule has 0 fully saturated rings. The highest BCUT2D eigenvalue weighted by Crippen LogP contribution is 2.43. The fraction of sp³-hybridized carbons (Fsp3) is 0.610. The predicted molar refractivity (Wildman–Crippen MR) is 497 cm³/mol. The van der Waals surface area contributed by atoms with Gasteiger partial charge in [0.25, 0.3) is 92.8 Å². The number of benzene rings is 4. The van der Waals surface area contributed by atoms with Gasteiger partial charge in [0.15, 0.2) is 46.1 Å². The van der Waals surface area contributed by atoms with E-state index >= 15 is 0 Å². The number of hydrogen-bond acceptors (Lipinski definition) is 35. The molecule has 6 aromatic rings. The first-order valence-electron chi connectivity index (χ1n) is 44.1. The van der Waals surface area contributed by atoms with Crippen LogP contribution in [0.15, 0.2) is 67.0 Å². The number of ketones is 2. The number of ether oxygens (including phenoxy) is 11. The third-order valence-corrected chi connectivity index (χ3v) is 25.3. The Hall–Kier alpha value is -9.48. The molecule has 0 bridgehead atoms. The molecule has 0 aliphatic heterocycles. The monoisotopic (exact) mass is 2100 g/mol. The van der Waals surface area contributed by atoms with Crippen molar-refractivity contribution in [1.82, 2.24) is 40.6 Å². The molecular weight excluding hydrogens is 1980 g/mol. The van der Waals surface area contributed by atoms with Crippen LogP contribution in [0.1, 0.15) is 215 Å². The lowest BCUT2D eigenvalue weighted by molar-refractivity contribution is 0.0944. The van der Waals surface area contributed by atoms with Crippen LogP contribution in [0, 0.1) is 0 Å².